The van der Waals surface area contributed by atoms with E-state index in [1.54, 1.807) is 0 Å². The first kappa shape index (κ1) is 15.0. The molecule has 110 valence electrons. The molecule has 7 heteroatoms. The third kappa shape index (κ3) is 3.14. The maximum absolute atomic E-state index is 10.2. The molecule has 0 aliphatic rings. The van der Waals surface area contributed by atoms with Crippen molar-refractivity contribution < 1.29 is 5.11 Å². The highest BCUT2D eigenvalue weighted by molar-refractivity contribution is 8.01. The molecule has 0 atom stereocenters. The van der Waals surface area contributed by atoms with Crippen LogP contribution in [0.1, 0.15) is 10.7 Å². The zero-order valence-corrected chi connectivity index (χ0v) is 14.1. The van der Waals surface area contributed by atoms with Gasteiger partial charge in [-0.05, 0) is 19.1 Å². The van der Waals surface area contributed by atoms with Gasteiger partial charge >= 0.3 is 0 Å². The molecule has 0 unspecified atom stereocenters. The van der Waals surface area contributed by atoms with Crippen molar-refractivity contribution in [2.75, 3.05) is 5.75 Å². The summed E-state index contributed by atoms with van der Waals surface area (Å²) in [6.07, 6.45) is 0. The summed E-state index contributed by atoms with van der Waals surface area (Å²) in [4.78, 5) is 8.75. The number of benzene rings is 1. The van der Waals surface area contributed by atoms with Gasteiger partial charge in [-0.2, -0.15) is 5.26 Å². The second kappa shape index (κ2) is 6.48. The quantitative estimate of drug-likeness (QED) is 0.423. The third-order valence-corrected chi connectivity index (χ3v) is 6.04. The molecule has 2 aromatic heterocycles. The summed E-state index contributed by atoms with van der Waals surface area (Å²) in [6, 6.07) is 9.76. The van der Waals surface area contributed by atoms with E-state index in [1.807, 2.05) is 36.6 Å². The van der Waals surface area contributed by atoms with E-state index in [9.17, 15) is 10.4 Å². The van der Waals surface area contributed by atoms with Gasteiger partial charge < -0.3 is 5.11 Å². The minimum absolute atomic E-state index is 0.0411. The number of aliphatic hydroxyl groups is 1. The van der Waals surface area contributed by atoms with E-state index in [4.69, 9.17) is 0 Å². The Morgan fingerprint density at radius 2 is 2.18 bits per heavy atom. The van der Waals surface area contributed by atoms with Crippen LogP contribution in [0.3, 0.4) is 0 Å². The van der Waals surface area contributed by atoms with Gasteiger partial charge in [-0.1, -0.05) is 23.9 Å². The molecular weight excluding hydrogens is 334 g/mol. The van der Waals surface area contributed by atoms with Gasteiger partial charge in [-0.15, -0.1) is 22.7 Å². The number of aliphatic hydroxyl groups excluding tert-OH is 1. The number of rotatable bonds is 4. The topological polar surface area (TPSA) is 69.8 Å². The number of hydrogen-bond donors (Lipinski definition) is 1. The number of thiazole rings is 2. The molecule has 0 saturated heterocycles. The average molecular weight is 345 g/mol. The van der Waals surface area contributed by atoms with E-state index >= 15 is 0 Å². The predicted octanol–water partition coefficient (Wildman–Crippen LogP) is 4.65. The Kier molecular flexibility index (Phi) is 4.43. The minimum atomic E-state index is 0.0411. The summed E-state index contributed by atoms with van der Waals surface area (Å²) < 4.78 is 1.88. The summed E-state index contributed by atoms with van der Waals surface area (Å²) in [5.41, 5.74) is 2.04. The zero-order valence-electron chi connectivity index (χ0n) is 11.6. The third-order valence-electron chi connectivity index (χ3n) is 2.84. The van der Waals surface area contributed by atoms with Gasteiger partial charge in [-0.25, -0.2) is 9.97 Å². The van der Waals surface area contributed by atoms with Crippen molar-refractivity contribution in [3.63, 3.8) is 0 Å². The van der Waals surface area contributed by atoms with Crippen molar-refractivity contribution in [3.8, 4) is 6.07 Å². The van der Waals surface area contributed by atoms with E-state index < -0.39 is 0 Å². The summed E-state index contributed by atoms with van der Waals surface area (Å²) >= 11 is 4.36. The monoisotopic (exact) mass is 345 g/mol. The van der Waals surface area contributed by atoms with Crippen LogP contribution in [-0.4, -0.2) is 20.8 Å². The number of thioether (sulfide) groups is 1. The van der Waals surface area contributed by atoms with Gasteiger partial charge in [0.25, 0.3) is 0 Å². The van der Waals surface area contributed by atoms with Gasteiger partial charge in [0.05, 0.1) is 16.0 Å². The second-order valence-corrected chi connectivity index (χ2v) is 7.57. The summed E-state index contributed by atoms with van der Waals surface area (Å²) in [7, 11) is 0. The van der Waals surface area contributed by atoms with E-state index in [0.29, 0.717) is 10.8 Å². The number of para-hydroxylation sites is 1. The van der Waals surface area contributed by atoms with Crippen molar-refractivity contribution in [2.24, 2.45) is 0 Å². The average Bonchev–Trinajstić information content (AvgIpc) is 3.11. The maximum Gasteiger partial charge on any atom is 0.150 e. The first-order chi connectivity index (χ1) is 10.7. The van der Waals surface area contributed by atoms with Crippen LogP contribution in [0.15, 0.2) is 39.7 Å². The minimum Gasteiger partial charge on any atom is -0.510 e. The molecule has 0 aliphatic heterocycles. The fourth-order valence-corrected chi connectivity index (χ4v) is 4.53. The maximum atomic E-state index is 10.2. The predicted molar refractivity (Wildman–Crippen MR) is 92.4 cm³/mol. The lowest BCUT2D eigenvalue weighted by Crippen LogP contribution is -1.92. The highest BCUT2D eigenvalue weighted by Crippen LogP contribution is 2.30. The normalized spacial score (nSPS) is 12.2. The lowest BCUT2D eigenvalue weighted by atomic mass is 10.2. The molecule has 0 aliphatic carbocycles. The highest BCUT2D eigenvalue weighted by atomic mass is 32.2. The van der Waals surface area contributed by atoms with Gasteiger partial charge in [0.1, 0.15) is 22.4 Å². The van der Waals surface area contributed by atoms with Crippen molar-refractivity contribution in [1.82, 2.24) is 9.97 Å². The number of hydrogen-bond acceptors (Lipinski definition) is 7. The fourth-order valence-electron chi connectivity index (χ4n) is 1.82. The van der Waals surface area contributed by atoms with Crippen LogP contribution < -0.4 is 0 Å². The summed E-state index contributed by atoms with van der Waals surface area (Å²) in [6.45, 7) is 1.93. The molecule has 3 aromatic rings. The van der Waals surface area contributed by atoms with Crippen LogP contribution in [0.4, 0.5) is 0 Å². The smallest absolute Gasteiger partial charge is 0.150 e. The Balaban J connectivity index is 1.86. The van der Waals surface area contributed by atoms with Crippen molar-refractivity contribution >= 4 is 50.2 Å². The molecule has 4 nitrogen and oxygen atoms in total. The molecule has 0 spiro atoms. The highest BCUT2D eigenvalue weighted by Gasteiger charge is 2.14. The summed E-state index contributed by atoms with van der Waals surface area (Å²) in [5, 5.41) is 22.1. The Morgan fingerprint density at radius 1 is 1.36 bits per heavy atom. The summed E-state index contributed by atoms with van der Waals surface area (Å²) in [5.74, 6) is 0.352. The van der Waals surface area contributed by atoms with Crippen molar-refractivity contribution in [3.05, 3.63) is 46.1 Å². The van der Waals surface area contributed by atoms with E-state index in [2.05, 4.69) is 16.0 Å². The molecule has 3 rings (SSSR count). The molecule has 1 aromatic carbocycles. The Morgan fingerprint density at radius 3 is 2.86 bits per heavy atom. The second-order valence-electron chi connectivity index (χ2n) is 4.46. The van der Waals surface area contributed by atoms with Crippen molar-refractivity contribution in [2.45, 2.75) is 11.3 Å². The first-order valence-electron chi connectivity index (χ1n) is 6.40. The molecule has 0 radical (unpaired) electrons. The number of fused-ring (bicyclic) bond motifs is 1. The van der Waals surface area contributed by atoms with E-state index in [0.717, 1.165) is 20.3 Å². The Bertz CT molecular complexity index is 856. The number of nitriles is 1. The number of aryl methyl sites for hydroxylation is 1. The van der Waals surface area contributed by atoms with Gasteiger partial charge in [0.15, 0.2) is 4.34 Å². The molecular formula is C15H11N3OS3. The molecule has 22 heavy (non-hydrogen) atoms. The molecule has 0 amide bonds. The first-order valence-corrected chi connectivity index (χ1v) is 9.08. The molecule has 0 fully saturated rings. The SMILES string of the molecule is Cc1csc(SCC(O)=C(C#N)c2nc3ccccc3s2)n1. The molecule has 1 N–H and O–H groups in total. The number of aromatic nitrogens is 2. The van der Waals surface area contributed by atoms with Gasteiger partial charge in [0, 0.05) is 11.1 Å². The van der Waals surface area contributed by atoms with Crippen LogP contribution in [-0.2, 0) is 0 Å². The Hall–Kier alpha value is -1.88. The largest absolute Gasteiger partial charge is 0.510 e. The van der Waals surface area contributed by atoms with Crippen molar-refractivity contribution in [1.29, 1.82) is 5.26 Å². The van der Waals surface area contributed by atoms with Crippen LogP contribution in [0, 0.1) is 18.3 Å². The number of allylic oxidation sites excluding steroid dienone is 1. The van der Waals surface area contributed by atoms with E-state index in [1.165, 1.54) is 34.4 Å². The molecule has 2 heterocycles. The lowest BCUT2D eigenvalue weighted by Gasteiger charge is -2.00. The van der Waals surface area contributed by atoms with E-state index in [-0.39, 0.29) is 11.3 Å². The molecule has 0 saturated carbocycles. The number of nitrogens with zero attached hydrogens (tertiary/aromatic N) is 3. The lowest BCUT2D eigenvalue weighted by molar-refractivity contribution is 0.421. The standard InChI is InChI=1S/C15H11N3OS3/c1-9-7-20-15(17-9)21-8-12(19)10(6-16)14-18-11-4-2-3-5-13(11)22-14/h2-5,7,19H,8H2,1H3. The fraction of sp³-hybridized carbons (Fsp3) is 0.133. The Labute approximate surface area is 139 Å². The van der Waals surface area contributed by atoms with Gasteiger partial charge in [0.2, 0.25) is 0 Å². The molecule has 0 bridgehead atoms. The van der Waals surface area contributed by atoms with Crippen LogP contribution in [0.2, 0.25) is 0 Å². The van der Waals surface area contributed by atoms with Crippen LogP contribution >= 0.6 is 34.4 Å². The van der Waals surface area contributed by atoms with Gasteiger partial charge in [-0.3, -0.25) is 0 Å². The van der Waals surface area contributed by atoms with Crippen LogP contribution in [0.5, 0.6) is 0 Å². The zero-order chi connectivity index (χ0) is 15.5. The van der Waals surface area contributed by atoms with Crippen LogP contribution in [0.25, 0.3) is 15.8 Å².